The molecule has 0 aromatic heterocycles. The van der Waals surface area contributed by atoms with Crippen molar-refractivity contribution in [1.82, 2.24) is 0 Å². The van der Waals surface area contributed by atoms with Crippen LogP contribution in [0, 0.1) is 0 Å². The zero-order chi connectivity index (χ0) is 11.1. The Bertz CT molecular complexity index is 523. The van der Waals surface area contributed by atoms with E-state index in [1.54, 1.807) is 0 Å². The van der Waals surface area contributed by atoms with Crippen molar-refractivity contribution in [3.05, 3.63) is 23.8 Å². The molecule has 0 saturated heterocycles. The van der Waals surface area contributed by atoms with Gasteiger partial charge in [-0.25, -0.2) is 8.42 Å². The van der Waals surface area contributed by atoms with Crippen LogP contribution in [0.5, 0.6) is 5.75 Å². The highest BCUT2D eigenvalue weighted by Crippen LogP contribution is 2.28. The van der Waals surface area contributed by atoms with Gasteiger partial charge in [-0.3, -0.25) is 0 Å². The molecule has 1 heterocycles. The van der Waals surface area contributed by atoms with E-state index in [0.29, 0.717) is 11.3 Å². The van der Waals surface area contributed by atoms with Gasteiger partial charge in [0, 0.05) is 28.5 Å². The van der Waals surface area contributed by atoms with E-state index in [1.165, 1.54) is 18.2 Å². The first-order valence-corrected chi connectivity index (χ1v) is 6.61. The predicted octanol–water partition coefficient (Wildman–Crippen LogP) is 1.81. The second-order valence-electron chi connectivity index (χ2n) is 2.85. The zero-order valence-electron chi connectivity index (χ0n) is 7.27. The van der Waals surface area contributed by atoms with Crippen LogP contribution >= 0.6 is 22.9 Å². The van der Waals surface area contributed by atoms with Gasteiger partial charge < -0.3 is 9.47 Å². The smallest absolute Gasteiger partial charge is 0.358 e. The topological polar surface area (TPSA) is 52.6 Å². The first kappa shape index (κ1) is 10.7. The third-order valence-corrected chi connectivity index (χ3v) is 3.41. The molecule has 0 atom stereocenters. The van der Waals surface area contributed by atoms with E-state index in [-0.39, 0.29) is 16.7 Å². The van der Waals surface area contributed by atoms with Gasteiger partial charge in [-0.05, 0) is 18.2 Å². The van der Waals surface area contributed by atoms with E-state index in [2.05, 4.69) is 0 Å². The van der Waals surface area contributed by atoms with E-state index in [1.807, 2.05) is 0 Å². The SMILES string of the molecule is O=S(=O)(Cl)c1ccc2c(c1)COC(=S)O2. The van der Waals surface area contributed by atoms with Gasteiger partial charge in [0.15, 0.2) is 0 Å². The average molecular weight is 265 g/mol. The van der Waals surface area contributed by atoms with Crippen molar-refractivity contribution in [1.29, 1.82) is 0 Å². The first-order valence-electron chi connectivity index (χ1n) is 3.89. The molecule has 1 aromatic rings. The fourth-order valence-electron chi connectivity index (χ4n) is 1.18. The third kappa shape index (κ3) is 2.22. The Hall–Kier alpha value is -0.850. The zero-order valence-corrected chi connectivity index (χ0v) is 9.66. The van der Waals surface area contributed by atoms with E-state index in [0.717, 1.165) is 0 Å². The summed E-state index contributed by atoms with van der Waals surface area (Å²) in [5.41, 5.74) is 0.602. The van der Waals surface area contributed by atoms with Gasteiger partial charge in [0.25, 0.3) is 9.05 Å². The Morgan fingerprint density at radius 1 is 1.40 bits per heavy atom. The summed E-state index contributed by atoms with van der Waals surface area (Å²) in [6.07, 6.45) is 0. The van der Waals surface area contributed by atoms with Crippen LogP contribution in [0.15, 0.2) is 23.1 Å². The van der Waals surface area contributed by atoms with Crippen LogP contribution in [-0.2, 0) is 20.4 Å². The Morgan fingerprint density at radius 3 is 2.80 bits per heavy atom. The maximum Gasteiger partial charge on any atom is 0.358 e. The number of benzene rings is 1. The van der Waals surface area contributed by atoms with Crippen molar-refractivity contribution >= 4 is 37.2 Å². The molecule has 0 unspecified atom stereocenters. The minimum absolute atomic E-state index is 0.0166. The normalized spacial score (nSPS) is 15.1. The Kier molecular flexibility index (Phi) is 2.57. The average Bonchev–Trinajstić information content (AvgIpc) is 2.15. The molecular formula is C8H5ClO4S2. The van der Waals surface area contributed by atoms with Crippen LogP contribution in [0.3, 0.4) is 0 Å². The highest BCUT2D eigenvalue weighted by molar-refractivity contribution is 8.13. The summed E-state index contributed by atoms with van der Waals surface area (Å²) in [4.78, 5) is 0.0166. The first-order chi connectivity index (χ1) is 6.97. The lowest BCUT2D eigenvalue weighted by Gasteiger charge is -2.18. The van der Waals surface area contributed by atoms with Crippen LogP contribution in [0.2, 0.25) is 0 Å². The summed E-state index contributed by atoms with van der Waals surface area (Å²) >= 11 is 4.70. The summed E-state index contributed by atoms with van der Waals surface area (Å²) in [7, 11) is 1.47. The van der Waals surface area contributed by atoms with E-state index >= 15 is 0 Å². The number of hydrogen-bond acceptors (Lipinski definition) is 5. The number of ether oxygens (including phenoxy) is 2. The molecule has 0 bridgehead atoms. The molecular weight excluding hydrogens is 260 g/mol. The van der Waals surface area contributed by atoms with Gasteiger partial charge in [0.2, 0.25) is 0 Å². The van der Waals surface area contributed by atoms with Gasteiger partial charge in [0.05, 0.1) is 4.90 Å². The molecule has 0 amide bonds. The second-order valence-corrected chi connectivity index (χ2v) is 5.75. The molecule has 0 saturated carbocycles. The summed E-state index contributed by atoms with van der Waals surface area (Å²) < 4.78 is 32.1. The molecule has 0 radical (unpaired) electrons. The van der Waals surface area contributed by atoms with Gasteiger partial charge >= 0.3 is 5.24 Å². The lowest BCUT2D eigenvalue weighted by molar-refractivity contribution is 0.210. The third-order valence-electron chi connectivity index (χ3n) is 1.85. The molecule has 1 aromatic carbocycles. The highest BCUT2D eigenvalue weighted by atomic mass is 35.7. The van der Waals surface area contributed by atoms with Crippen LogP contribution < -0.4 is 4.74 Å². The van der Waals surface area contributed by atoms with E-state index < -0.39 is 9.05 Å². The standard InChI is InChI=1S/C8H5ClO4S2/c9-15(10,11)6-1-2-7-5(3-6)4-12-8(14)13-7/h1-3H,4H2. The molecule has 0 aliphatic carbocycles. The fraction of sp³-hybridized carbons (Fsp3) is 0.125. The Balaban J connectivity index is 2.48. The fourth-order valence-corrected chi connectivity index (χ4v) is 2.13. The molecule has 7 heteroatoms. The summed E-state index contributed by atoms with van der Waals surface area (Å²) in [5.74, 6) is 0.496. The van der Waals surface area contributed by atoms with Gasteiger partial charge in [-0.2, -0.15) is 0 Å². The molecule has 2 rings (SSSR count). The van der Waals surface area contributed by atoms with Crippen LogP contribution in [0.4, 0.5) is 0 Å². The predicted molar refractivity (Wildman–Crippen MR) is 57.5 cm³/mol. The van der Waals surface area contributed by atoms with Crippen LogP contribution in [-0.4, -0.2) is 13.7 Å². The molecule has 0 N–H and O–H groups in total. The largest absolute Gasteiger partial charge is 0.452 e. The number of rotatable bonds is 1. The van der Waals surface area contributed by atoms with Gasteiger partial charge in [-0.1, -0.05) is 0 Å². The number of fused-ring (bicyclic) bond motifs is 1. The van der Waals surface area contributed by atoms with Crippen molar-refractivity contribution < 1.29 is 17.9 Å². The van der Waals surface area contributed by atoms with Crippen molar-refractivity contribution in [2.75, 3.05) is 0 Å². The summed E-state index contributed by atoms with van der Waals surface area (Å²) in [6, 6.07) is 4.26. The maximum absolute atomic E-state index is 11.0. The minimum atomic E-state index is -3.72. The number of hydrogen-bond donors (Lipinski definition) is 0. The quantitative estimate of drug-likeness (QED) is 0.572. The van der Waals surface area contributed by atoms with Gasteiger partial charge in [-0.15, -0.1) is 0 Å². The minimum Gasteiger partial charge on any atom is -0.452 e. The highest BCUT2D eigenvalue weighted by Gasteiger charge is 2.19. The number of thiocarbonyl (C=S) groups is 1. The van der Waals surface area contributed by atoms with E-state index in [9.17, 15) is 8.42 Å². The molecule has 15 heavy (non-hydrogen) atoms. The number of halogens is 1. The Morgan fingerprint density at radius 2 is 2.13 bits per heavy atom. The van der Waals surface area contributed by atoms with Crippen molar-refractivity contribution in [2.24, 2.45) is 0 Å². The Labute approximate surface area is 96.2 Å². The molecule has 1 aliphatic heterocycles. The van der Waals surface area contributed by atoms with E-state index in [4.69, 9.17) is 32.4 Å². The monoisotopic (exact) mass is 264 g/mol. The maximum atomic E-state index is 11.0. The lowest BCUT2D eigenvalue weighted by atomic mass is 10.2. The molecule has 4 nitrogen and oxygen atoms in total. The van der Waals surface area contributed by atoms with Crippen LogP contribution in [0.25, 0.3) is 0 Å². The molecule has 0 spiro atoms. The van der Waals surface area contributed by atoms with Crippen molar-refractivity contribution in [2.45, 2.75) is 11.5 Å². The molecule has 0 fully saturated rings. The van der Waals surface area contributed by atoms with Crippen LogP contribution in [0.1, 0.15) is 5.56 Å². The molecule has 1 aliphatic rings. The van der Waals surface area contributed by atoms with Gasteiger partial charge in [0.1, 0.15) is 12.4 Å². The summed E-state index contributed by atoms with van der Waals surface area (Å²) in [5, 5.41) is 0.0315. The summed E-state index contributed by atoms with van der Waals surface area (Å²) in [6.45, 7) is 0.189. The van der Waals surface area contributed by atoms with Crippen molar-refractivity contribution in [3.8, 4) is 5.75 Å². The van der Waals surface area contributed by atoms with Crippen molar-refractivity contribution in [3.63, 3.8) is 0 Å². The lowest BCUT2D eigenvalue weighted by Crippen LogP contribution is -2.17. The second kappa shape index (κ2) is 3.62. The molecule has 80 valence electrons.